The number of aliphatic hydroxyl groups is 18. The molecule has 36 nitrogen and oxygen atoms in total. The third kappa shape index (κ3) is 15.2. The predicted molar refractivity (Wildman–Crippen MR) is 280 cm³/mol. The Kier molecular flexibility index (Phi) is 25.3. The van der Waals surface area contributed by atoms with E-state index < -0.39 is 231 Å². The zero-order valence-electron chi connectivity index (χ0n) is 46.7. The number of hydrogen-bond acceptors (Lipinski definition) is 36. The van der Waals surface area contributed by atoms with Gasteiger partial charge in [-0.2, -0.15) is 0 Å². The van der Waals surface area contributed by atoms with Crippen molar-refractivity contribution in [2.45, 2.75) is 147 Å². The van der Waals surface area contributed by atoms with Crippen LogP contribution in [0.3, 0.4) is 0 Å². The number of Topliss-reactive ketones (excluding diaryl/α,β-unsaturated/α-hetero) is 6. The van der Waals surface area contributed by atoms with Gasteiger partial charge >= 0.3 is 23.1 Å². The van der Waals surface area contributed by atoms with Crippen molar-refractivity contribution in [3.63, 3.8) is 0 Å². The molecule has 18 N–H and O–H groups in total. The van der Waals surface area contributed by atoms with Gasteiger partial charge in [-0.05, 0) is 23.3 Å². The van der Waals surface area contributed by atoms with Crippen LogP contribution in [0.2, 0.25) is 0 Å². The van der Waals surface area contributed by atoms with Crippen LogP contribution in [0.15, 0.2) is 60.7 Å². The Morgan fingerprint density at radius 2 is 0.659 bits per heavy atom. The Morgan fingerprint density at radius 3 is 0.923 bits per heavy atom. The summed E-state index contributed by atoms with van der Waals surface area (Å²) >= 11 is 0. The third-order valence-corrected chi connectivity index (χ3v) is 15.1. The monoisotopic (exact) mass is 1310 g/mol. The van der Waals surface area contributed by atoms with E-state index in [4.69, 9.17) is 37.9 Å². The molecule has 6 aliphatic rings. The molecular weight excluding hydrogens is 1250 g/mol. The molecule has 4 aliphatic heterocycles. The molecule has 4 saturated heterocycles. The number of rotatable bonds is 18. The maximum absolute atomic E-state index is 13.5. The average molecular weight is 1310 g/mol. The molecule has 6 fully saturated rings. The van der Waals surface area contributed by atoms with Gasteiger partial charge in [0.15, 0.2) is 60.5 Å². The first-order valence-electron chi connectivity index (χ1n) is 26.9. The number of carbonyl (C=O) groups is 8. The van der Waals surface area contributed by atoms with Gasteiger partial charge in [0.1, 0.15) is 109 Å². The molecule has 8 rings (SSSR count). The van der Waals surface area contributed by atoms with Crippen molar-refractivity contribution in [3.05, 3.63) is 71.8 Å². The minimum absolute atomic E-state index is 0. The molecule has 0 amide bonds. The summed E-state index contributed by atoms with van der Waals surface area (Å²) in [6.07, 6.45) is -42.1. The van der Waals surface area contributed by atoms with Crippen molar-refractivity contribution in [2.75, 3.05) is 26.4 Å². The van der Waals surface area contributed by atoms with Gasteiger partial charge in [-0.25, -0.2) is 0 Å². The molecule has 91 heavy (non-hydrogen) atoms. The Bertz CT molecular complexity index is 2800. The molecule has 2 aromatic carbocycles. The van der Waals surface area contributed by atoms with Crippen LogP contribution in [-0.4, -0.2) is 334 Å². The number of ether oxygens (including phenoxy) is 8. The zero-order valence-corrected chi connectivity index (χ0v) is 48.1. The first kappa shape index (κ1) is 74.6. The largest absolute Gasteiger partial charge is 2.00 e. The first-order chi connectivity index (χ1) is 42.3. The molecule has 2 aromatic rings. The van der Waals surface area contributed by atoms with Crippen LogP contribution in [0.5, 0.6) is 11.5 Å². The van der Waals surface area contributed by atoms with Gasteiger partial charge in [0.25, 0.3) is 11.6 Å². The fraction of sp³-hybridized carbons (Fsp3) is 0.556. The van der Waals surface area contributed by atoms with Crippen LogP contribution in [0.25, 0.3) is 12.2 Å². The van der Waals surface area contributed by atoms with E-state index in [9.17, 15) is 140 Å². The van der Waals surface area contributed by atoms with E-state index in [1.165, 1.54) is 24.3 Å². The molecule has 26 atom stereocenters. The zero-order chi connectivity index (χ0) is 66.8. The summed E-state index contributed by atoms with van der Waals surface area (Å²) in [4.78, 5) is 107. The van der Waals surface area contributed by atoms with Gasteiger partial charge in [-0.3, -0.25) is 38.4 Å². The smallest absolute Gasteiger partial charge is 0.872 e. The predicted octanol–water partition coefficient (Wildman–Crippen LogP) is -13.6. The summed E-state index contributed by atoms with van der Waals surface area (Å²) in [5.74, 6) is -27.2. The average Bonchev–Trinajstić information content (AvgIpc) is 0.779. The third-order valence-electron chi connectivity index (χ3n) is 15.1. The van der Waals surface area contributed by atoms with E-state index in [1.807, 2.05) is 0 Å². The van der Waals surface area contributed by atoms with Gasteiger partial charge in [-0.15, -0.1) is 11.5 Å². The van der Waals surface area contributed by atoms with E-state index in [1.54, 1.807) is 0 Å². The Balaban J connectivity index is 0.000000286. The second-order valence-corrected chi connectivity index (χ2v) is 21.1. The molecule has 4 unspecified atom stereocenters. The number of ketones is 8. The van der Waals surface area contributed by atoms with Crippen LogP contribution in [0, 0.1) is 11.8 Å². The van der Waals surface area contributed by atoms with Gasteiger partial charge in [-0.1, -0.05) is 60.7 Å². The normalized spacial score (nSPS) is 40.6. The van der Waals surface area contributed by atoms with E-state index in [0.717, 1.165) is 36.4 Å². The first-order valence-corrected chi connectivity index (χ1v) is 26.9. The fourth-order valence-electron chi connectivity index (χ4n) is 9.84. The van der Waals surface area contributed by atoms with Crippen molar-refractivity contribution >= 4 is 81.5 Å². The topological polar surface area (TPSA) is 621 Å². The summed E-state index contributed by atoms with van der Waals surface area (Å²) in [6, 6.07) is 9.78. The number of aliphatic hydroxyl groups excluding tert-OH is 16. The van der Waals surface area contributed by atoms with Crippen LogP contribution in [0.4, 0.5) is 0 Å². The molecule has 4 heterocycles. The maximum Gasteiger partial charge on any atom is 2.00 e. The molecular formula is C54H62MgO36. The van der Waals surface area contributed by atoms with Crippen molar-refractivity contribution in [3.8, 4) is 11.5 Å². The minimum atomic E-state index is -3.86. The number of hydrogen-bond donors (Lipinski definition) is 18. The van der Waals surface area contributed by atoms with E-state index >= 15 is 0 Å². The van der Waals surface area contributed by atoms with E-state index in [-0.39, 0.29) is 45.7 Å². The summed E-state index contributed by atoms with van der Waals surface area (Å²) in [5, 5.41) is 205. The van der Waals surface area contributed by atoms with Crippen LogP contribution in [0.1, 0.15) is 11.1 Å². The Morgan fingerprint density at radius 1 is 0.407 bits per heavy atom. The van der Waals surface area contributed by atoms with Gasteiger partial charge in [0.05, 0.1) is 26.4 Å². The SMILES string of the molecule is O=C(/C=C/c1ccc([O-])cc1)C1C(=O)[C@@H](O[C@@H]2O[C@H](CO)[C@@H](O)[C@H](O)[C@H]2O)C(=O)C(O)(O[C@@H]2O[C@H](CO)[C@@H](O)[C@H](O)[C@H]2O)C1=O.O=C(/C=C/c1ccc([O-])cc1)C1C(=O)[C@@H](O[C@@H]2O[C@H](CO)[C@@H](O)[C@H](O)[C@H]2O)C(=O)C(O)(O[C@@H]2O[C@H](CO)[C@@H](O)[C@H](O)[C@H]2O)C1=O.[Mg+2]. The summed E-state index contributed by atoms with van der Waals surface area (Å²) in [6.45, 7) is -3.85. The molecule has 2 saturated carbocycles. The van der Waals surface area contributed by atoms with Gasteiger partial charge in [0.2, 0.25) is 23.1 Å². The van der Waals surface area contributed by atoms with Crippen molar-refractivity contribution in [1.29, 1.82) is 0 Å². The van der Waals surface area contributed by atoms with Gasteiger partial charge in [0, 0.05) is 0 Å². The van der Waals surface area contributed by atoms with Gasteiger partial charge < -0.3 is 140 Å². The Labute approximate surface area is 526 Å². The molecule has 496 valence electrons. The van der Waals surface area contributed by atoms with Crippen LogP contribution in [-0.2, 0) is 76.3 Å². The van der Waals surface area contributed by atoms with Crippen molar-refractivity contribution < 1.29 is 178 Å². The van der Waals surface area contributed by atoms with E-state index in [0.29, 0.717) is 12.2 Å². The molecule has 0 spiro atoms. The Hall–Kier alpha value is -5.39. The number of allylic oxidation sites excluding steroid dienone is 2. The minimum Gasteiger partial charge on any atom is -0.872 e. The van der Waals surface area contributed by atoms with Crippen LogP contribution >= 0.6 is 0 Å². The molecule has 0 aromatic heterocycles. The quantitative estimate of drug-likeness (QED) is 0.0285. The van der Waals surface area contributed by atoms with E-state index in [2.05, 4.69) is 0 Å². The standard InChI is InChI=1S/2C27H32O18.Mg/c2*28-7-12-15(32)18(35)20(37)25(42-12)44-22-17(34)14(11(31)6-3-9-1-4-10(30)5-2-9)23(39)27(41,24(22)40)45-26-21(38)19(36)16(33)13(8-29)43-26;/h2*1-6,12-16,18-22,25-26,28-30,32-33,35-38,41H,7-8H2;/q;;+2/p-2/b2*6-3+;/t2*12-,13-,14?,15-,16-,18+,19+,20-,21-,22-,25+,26+,27?;/m11./s1. The van der Waals surface area contributed by atoms with Crippen LogP contribution < -0.4 is 10.2 Å². The molecule has 37 heteroatoms. The molecule has 0 radical (unpaired) electrons. The molecule has 2 aliphatic carbocycles. The molecule has 0 bridgehead atoms. The van der Waals surface area contributed by atoms with Crippen molar-refractivity contribution in [1.82, 2.24) is 0 Å². The number of carbonyl (C=O) groups excluding carboxylic acids is 8. The maximum atomic E-state index is 13.5. The summed E-state index contributed by atoms with van der Waals surface area (Å²) < 4.78 is 41.0. The number of benzene rings is 2. The van der Waals surface area contributed by atoms with Crippen molar-refractivity contribution in [2.24, 2.45) is 11.8 Å². The fourth-order valence-corrected chi connectivity index (χ4v) is 9.84. The summed E-state index contributed by atoms with van der Waals surface area (Å²) in [5.41, 5.74) is 0.522. The summed E-state index contributed by atoms with van der Waals surface area (Å²) in [7, 11) is 0. The second-order valence-electron chi connectivity index (χ2n) is 21.1. The second kappa shape index (κ2) is 30.8.